The van der Waals surface area contributed by atoms with Crippen LogP contribution >= 0.6 is 11.8 Å². The average molecular weight is 294 g/mol. The maximum atomic E-state index is 12.2. The van der Waals surface area contributed by atoms with E-state index in [4.69, 9.17) is 4.74 Å². The summed E-state index contributed by atoms with van der Waals surface area (Å²) in [6, 6.07) is 7.69. The van der Waals surface area contributed by atoms with E-state index in [9.17, 15) is 9.59 Å². The van der Waals surface area contributed by atoms with E-state index in [2.05, 4.69) is 5.32 Å². The van der Waals surface area contributed by atoms with Gasteiger partial charge in [-0.15, -0.1) is 11.8 Å². The largest absolute Gasteiger partial charge is 0.383 e. The van der Waals surface area contributed by atoms with Crippen LogP contribution in [0.3, 0.4) is 0 Å². The number of ether oxygens (including phenoxy) is 1. The second-order valence-electron chi connectivity index (χ2n) is 4.39. The van der Waals surface area contributed by atoms with Crippen molar-refractivity contribution in [3.05, 3.63) is 24.3 Å². The highest BCUT2D eigenvalue weighted by Gasteiger charge is 2.24. The number of hydrogen-bond acceptors (Lipinski definition) is 4. The Kier molecular flexibility index (Phi) is 5.43. The lowest BCUT2D eigenvalue weighted by Gasteiger charge is -2.22. The second-order valence-corrected chi connectivity index (χ2v) is 5.53. The topological polar surface area (TPSA) is 58.6 Å². The Balaban J connectivity index is 2.08. The standard InChI is InChI=1S/C14H18N2O3S/c1-19-8-7-15-13(17)10-16-11-4-2-3-5-12(11)20-9-6-14(16)18/h2-5H,6-10H2,1H3,(H,15,17). The van der Waals surface area contributed by atoms with Crippen molar-refractivity contribution in [1.82, 2.24) is 5.32 Å². The molecule has 0 aliphatic carbocycles. The van der Waals surface area contributed by atoms with Crippen molar-refractivity contribution in [2.45, 2.75) is 11.3 Å². The van der Waals surface area contributed by atoms with Crippen LogP contribution in [0.2, 0.25) is 0 Å². The quantitative estimate of drug-likeness (QED) is 0.831. The van der Waals surface area contributed by atoms with Crippen LogP contribution in [0.5, 0.6) is 0 Å². The minimum atomic E-state index is -0.169. The van der Waals surface area contributed by atoms with Gasteiger partial charge in [0.2, 0.25) is 11.8 Å². The zero-order chi connectivity index (χ0) is 14.4. The number of carbonyl (C=O) groups excluding carboxylic acids is 2. The van der Waals surface area contributed by atoms with Gasteiger partial charge in [0.15, 0.2) is 0 Å². The lowest BCUT2D eigenvalue weighted by molar-refractivity contribution is -0.123. The maximum absolute atomic E-state index is 12.2. The summed E-state index contributed by atoms with van der Waals surface area (Å²) in [5, 5.41) is 2.74. The van der Waals surface area contributed by atoms with Crippen molar-refractivity contribution >= 4 is 29.3 Å². The lowest BCUT2D eigenvalue weighted by atomic mass is 10.2. The number of carbonyl (C=O) groups is 2. The molecule has 0 spiro atoms. The predicted molar refractivity (Wildman–Crippen MR) is 79.0 cm³/mol. The summed E-state index contributed by atoms with van der Waals surface area (Å²) in [4.78, 5) is 26.6. The molecule has 0 bridgehead atoms. The monoisotopic (exact) mass is 294 g/mol. The highest BCUT2D eigenvalue weighted by Crippen LogP contribution is 2.33. The molecule has 20 heavy (non-hydrogen) atoms. The van der Waals surface area contributed by atoms with Crippen LogP contribution in [0.1, 0.15) is 6.42 Å². The molecule has 1 aromatic rings. The van der Waals surface area contributed by atoms with Gasteiger partial charge in [0.25, 0.3) is 0 Å². The number of nitrogens with zero attached hydrogens (tertiary/aromatic N) is 1. The molecule has 108 valence electrons. The molecule has 0 fully saturated rings. The molecule has 0 unspecified atom stereocenters. The Morgan fingerprint density at radius 2 is 2.25 bits per heavy atom. The number of thioether (sulfide) groups is 1. The molecule has 0 saturated heterocycles. The molecule has 1 N–H and O–H groups in total. The van der Waals surface area contributed by atoms with E-state index in [1.54, 1.807) is 23.8 Å². The fraction of sp³-hybridized carbons (Fsp3) is 0.429. The van der Waals surface area contributed by atoms with Gasteiger partial charge in [-0.05, 0) is 12.1 Å². The van der Waals surface area contributed by atoms with Gasteiger partial charge >= 0.3 is 0 Å². The van der Waals surface area contributed by atoms with Crippen molar-refractivity contribution < 1.29 is 14.3 Å². The van der Waals surface area contributed by atoms with Crippen molar-refractivity contribution in [2.24, 2.45) is 0 Å². The number of methoxy groups -OCH3 is 1. The molecule has 0 aromatic heterocycles. The first-order valence-electron chi connectivity index (χ1n) is 6.50. The summed E-state index contributed by atoms with van der Waals surface area (Å²) in [5.41, 5.74) is 0.821. The van der Waals surface area contributed by atoms with Crippen molar-refractivity contribution in [3.63, 3.8) is 0 Å². The summed E-state index contributed by atoms with van der Waals surface area (Å²) in [5.74, 6) is 0.568. The van der Waals surface area contributed by atoms with Gasteiger partial charge in [0.1, 0.15) is 6.54 Å². The number of nitrogens with one attached hydrogen (secondary N) is 1. The third-order valence-corrected chi connectivity index (χ3v) is 4.03. The molecule has 2 amide bonds. The third kappa shape index (κ3) is 3.74. The summed E-state index contributed by atoms with van der Waals surface area (Å²) in [7, 11) is 1.58. The smallest absolute Gasteiger partial charge is 0.240 e. The number of benzene rings is 1. The van der Waals surface area contributed by atoms with Crippen molar-refractivity contribution in [3.8, 4) is 0 Å². The first kappa shape index (κ1) is 14.9. The zero-order valence-electron chi connectivity index (χ0n) is 11.4. The van der Waals surface area contributed by atoms with Crippen LogP contribution in [0.25, 0.3) is 0 Å². The van der Waals surface area contributed by atoms with Crippen LogP contribution < -0.4 is 10.2 Å². The highest BCUT2D eigenvalue weighted by atomic mass is 32.2. The van der Waals surface area contributed by atoms with Crippen LogP contribution in [0, 0.1) is 0 Å². The van der Waals surface area contributed by atoms with Crippen LogP contribution in [-0.2, 0) is 14.3 Å². The summed E-state index contributed by atoms with van der Waals surface area (Å²) >= 11 is 1.65. The molecule has 1 aromatic carbocycles. The van der Waals surface area contributed by atoms with Crippen LogP contribution in [0.15, 0.2) is 29.2 Å². The number of para-hydroxylation sites is 1. The summed E-state index contributed by atoms with van der Waals surface area (Å²) in [6.45, 7) is 0.972. The average Bonchev–Trinajstić information content (AvgIpc) is 2.60. The molecule has 0 atom stereocenters. The number of hydrogen-bond donors (Lipinski definition) is 1. The van der Waals surface area contributed by atoms with Gasteiger partial charge in [-0.25, -0.2) is 0 Å². The number of rotatable bonds is 5. The van der Waals surface area contributed by atoms with Gasteiger partial charge in [-0.1, -0.05) is 12.1 Å². The molecule has 1 aliphatic rings. The molecular formula is C14H18N2O3S. The highest BCUT2D eigenvalue weighted by molar-refractivity contribution is 7.99. The summed E-state index contributed by atoms with van der Waals surface area (Å²) < 4.78 is 4.88. The fourth-order valence-electron chi connectivity index (χ4n) is 1.99. The Labute approximate surface area is 122 Å². The van der Waals surface area contributed by atoms with E-state index < -0.39 is 0 Å². The molecule has 0 radical (unpaired) electrons. The number of amides is 2. The normalized spacial score (nSPS) is 14.7. The molecule has 2 rings (SSSR count). The fourth-order valence-corrected chi connectivity index (χ4v) is 2.98. The molecule has 5 nitrogen and oxygen atoms in total. The van der Waals surface area contributed by atoms with E-state index in [1.165, 1.54) is 0 Å². The Morgan fingerprint density at radius 3 is 3.05 bits per heavy atom. The molecule has 0 saturated carbocycles. The van der Waals surface area contributed by atoms with Crippen LogP contribution in [-0.4, -0.2) is 44.4 Å². The second kappa shape index (κ2) is 7.31. The number of fused-ring (bicyclic) bond motifs is 1. The minimum Gasteiger partial charge on any atom is -0.383 e. The third-order valence-electron chi connectivity index (χ3n) is 2.96. The minimum absolute atomic E-state index is 0.00987. The molecule has 1 aliphatic heterocycles. The van der Waals surface area contributed by atoms with Gasteiger partial charge in [0, 0.05) is 30.7 Å². The molecule has 6 heteroatoms. The Hall–Kier alpha value is -1.53. The van der Waals surface area contributed by atoms with E-state index in [1.807, 2.05) is 24.3 Å². The van der Waals surface area contributed by atoms with Crippen molar-refractivity contribution in [2.75, 3.05) is 37.5 Å². The van der Waals surface area contributed by atoms with Crippen molar-refractivity contribution in [1.29, 1.82) is 0 Å². The van der Waals surface area contributed by atoms with E-state index in [0.29, 0.717) is 19.6 Å². The van der Waals surface area contributed by atoms with Gasteiger partial charge in [0.05, 0.1) is 12.3 Å². The Bertz CT molecular complexity index is 493. The van der Waals surface area contributed by atoms with E-state index >= 15 is 0 Å². The first-order chi connectivity index (χ1) is 9.72. The predicted octanol–water partition coefficient (Wildman–Crippen LogP) is 1.28. The zero-order valence-corrected chi connectivity index (χ0v) is 12.2. The van der Waals surface area contributed by atoms with Gasteiger partial charge < -0.3 is 15.0 Å². The van der Waals surface area contributed by atoms with Crippen LogP contribution in [0.4, 0.5) is 5.69 Å². The van der Waals surface area contributed by atoms with E-state index in [-0.39, 0.29) is 18.4 Å². The SMILES string of the molecule is COCCNC(=O)CN1C(=O)CCSc2ccccc21. The molecular weight excluding hydrogens is 276 g/mol. The first-order valence-corrected chi connectivity index (χ1v) is 7.49. The maximum Gasteiger partial charge on any atom is 0.240 e. The van der Waals surface area contributed by atoms with E-state index in [0.717, 1.165) is 16.3 Å². The Morgan fingerprint density at radius 1 is 1.45 bits per heavy atom. The number of anilines is 1. The molecule has 1 heterocycles. The lowest BCUT2D eigenvalue weighted by Crippen LogP contribution is -2.41. The van der Waals surface area contributed by atoms with Gasteiger partial charge in [-0.2, -0.15) is 0 Å². The summed E-state index contributed by atoms with van der Waals surface area (Å²) in [6.07, 6.45) is 0.449. The van der Waals surface area contributed by atoms with Gasteiger partial charge in [-0.3, -0.25) is 9.59 Å².